The zero-order chi connectivity index (χ0) is 15.8. The van der Waals surface area contributed by atoms with Crippen molar-refractivity contribution in [2.75, 3.05) is 13.2 Å². The molecule has 1 rings (SSSR count). The number of esters is 2. The maximum absolute atomic E-state index is 11.7. The summed E-state index contributed by atoms with van der Waals surface area (Å²) in [5, 5.41) is 0. The number of carbonyl (C=O) groups excluding carboxylic acids is 2. The lowest BCUT2D eigenvalue weighted by Crippen LogP contribution is -2.08. The van der Waals surface area contributed by atoms with Gasteiger partial charge in [-0.1, -0.05) is 23.8 Å². The molecule has 0 unspecified atom stereocenters. The van der Waals surface area contributed by atoms with E-state index in [9.17, 15) is 9.59 Å². The van der Waals surface area contributed by atoms with E-state index in [1.54, 1.807) is 13.8 Å². The van der Waals surface area contributed by atoms with Gasteiger partial charge in [-0.3, -0.25) is 4.79 Å². The number of hydrogen-bond donors (Lipinski definition) is 0. The molecule has 0 spiro atoms. The van der Waals surface area contributed by atoms with Crippen molar-refractivity contribution in [1.82, 2.24) is 0 Å². The molecule has 0 atom stereocenters. The molecular weight excluding hydrogens is 268 g/mol. The fourth-order valence-corrected chi connectivity index (χ4v) is 2.09. The summed E-state index contributed by atoms with van der Waals surface area (Å²) in [5.41, 5.74) is 3.61. The minimum atomic E-state index is -0.447. The number of benzene rings is 1. The number of ether oxygens (including phenoxy) is 2. The van der Waals surface area contributed by atoms with Crippen molar-refractivity contribution in [2.45, 2.75) is 34.1 Å². The van der Waals surface area contributed by atoms with Crippen LogP contribution in [0.5, 0.6) is 0 Å². The summed E-state index contributed by atoms with van der Waals surface area (Å²) in [5.74, 6) is -0.801. The second-order valence-corrected chi connectivity index (χ2v) is 4.72. The van der Waals surface area contributed by atoms with Gasteiger partial charge >= 0.3 is 11.9 Å². The predicted octanol–water partition coefficient (Wildman–Crippen LogP) is 3.20. The fourth-order valence-electron chi connectivity index (χ4n) is 2.09. The van der Waals surface area contributed by atoms with Crippen molar-refractivity contribution in [3.05, 3.63) is 41.0 Å². The lowest BCUT2D eigenvalue weighted by molar-refractivity contribution is -0.141. The van der Waals surface area contributed by atoms with Crippen molar-refractivity contribution in [3.8, 4) is 0 Å². The van der Waals surface area contributed by atoms with E-state index in [0.29, 0.717) is 18.8 Å². The molecule has 4 nitrogen and oxygen atoms in total. The molecule has 0 bridgehead atoms. The first-order chi connectivity index (χ1) is 9.97. The molecule has 0 amide bonds. The molecule has 0 heterocycles. The first-order valence-electron chi connectivity index (χ1n) is 7.08. The summed E-state index contributed by atoms with van der Waals surface area (Å²) in [4.78, 5) is 23.4. The maximum Gasteiger partial charge on any atom is 0.331 e. The maximum atomic E-state index is 11.7. The summed E-state index contributed by atoms with van der Waals surface area (Å²) in [6.07, 6.45) is 1.43. The van der Waals surface area contributed by atoms with Gasteiger partial charge in [0.25, 0.3) is 0 Å². The molecule has 0 saturated carbocycles. The Morgan fingerprint density at radius 2 is 1.76 bits per heavy atom. The lowest BCUT2D eigenvalue weighted by atomic mass is 9.96. The SMILES string of the molecule is CCOC(=O)/C=C(\CC(=O)OCC)c1ccc(C)cc1C. The molecule has 1 aromatic carbocycles. The van der Waals surface area contributed by atoms with Gasteiger partial charge in [0, 0.05) is 6.08 Å². The molecule has 0 aromatic heterocycles. The molecule has 0 aliphatic carbocycles. The molecule has 0 radical (unpaired) electrons. The number of rotatable bonds is 6. The zero-order valence-corrected chi connectivity index (χ0v) is 13.1. The number of aryl methyl sites for hydroxylation is 2. The minimum absolute atomic E-state index is 0.0521. The second-order valence-electron chi connectivity index (χ2n) is 4.72. The van der Waals surface area contributed by atoms with E-state index >= 15 is 0 Å². The van der Waals surface area contributed by atoms with Crippen LogP contribution >= 0.6 is 0 Å². The Hall–Kier alpha value is -2.10. The van der Waals surface area contributed by atoms with Gasteiger partial charge in [0.15, 0.2) is 0 Å². The van der Waals surface area contributed by atoms with Crippen LogP contribution in [-0.4, -0.2) is 25.2 Å². The Morgan fingerprint density at radius 1 is 1.10 bits per heavy atom. The van der Waals surface area contributed by atoms with E-state index in [-0.39, 0.29) is 12.4 Å². The van der Waals surface area contributed by atoms with E-state index in [1.807, 2.05) is 32.0 Å². The highest BCUT2D eigenvalue weighted by molar-refractivity contribution is 5.96. The molecular formula is C17H22O4. The molecule has 0 saturated heterocycles. The van der Waals surface area contributed by atoms with Crippen LogP contribution in [0.2, 0.25) is 0 Å². The van der Waals surface area contributed by atoms with Crippen LogP contribution in [0.3, 0.4) is 0 Å². The van der Waals surface area contributed by atoms with E-state index in [1.165, 1.54) is 6.08 Å². The van der Waals surface area contributed by atoms with Crippen molar-refractivity contribution in [2.24, 2.45) is 0 Å². The van der Waals surface area contributed by atoms with E-state index in [4.69, 9.17) is 9.47 Å². The molecule has 21 heavy (non-hydrogen) atoms. The fraction of sp³-hybridized carbons (Fsp3) is 0.412. The highest BCUT2D eigenvalue weighted by Gasteiger charge is 2.13. The van der Waals surface area contributed by atoms with Crippen LogP contribution in [0, 0.1) is 13.8 Å². The third-order valence-corrected chi connectivity index (χ3v) is 2.95. The first kappa shape index (κ1) is 17.0. The summed E-state index contributed by atoms with van der Waals surface area (Å²) < 4.78 is 9.90. The smallest absolute Gasteiger partial charge is 0.331 e. The largest absolute Gasteiger partial charge is 0.466 e. The van der Waals surface area contributed by atoms with Crippen LogP contribution in [0.25, 0.3) is 5.57 Å². The van der Waals surface area contributed by atoms with Gasteiger partial charge in [0.2, 0.25) is 0 Å². The monoisotopic (exact) mass is 290 g/mol. The highest BCUT2D eigenvalue weighted by atomic mass is 16.5. The third kappa shape index (κ3) is 5.42. The Balaban J connectivity index is 3.11. The van der Waals surface area contributed by atoms with Gasteiger partial charge in [-0.15, -0.1) is 0 Å². The van der Waals surface area contributed by atoms with Crippen molar-refractivity contribution < 1.29 is 19.1 Å². The molecule has 0 aliphatic rings. The van der Waals surface area contributed by atoms with Crippen LogP contribution in [0.4, 0.5) is 0 Å². The lowest BCUT2D eigenvalue weighted by Gasteiger charge is -2.11. The molecule has 1 aromatic rings. The van der Waals surface area contributed by atoms with Gasteiger partial charge < -0.3 is 9.47 Å². The summed E-state index contributed by atoms with van der Waals surface area (Å²) >= 11 is 0. The summed E-state index contributed by atoms with van der Waals surface area (Å²) in [6.45, 7) is 8.06. The van der Waals surface area contributed by atoms with Crippen LogP contribution in [0.1, 0.15) is 37.0 Å². The van der Waals surface area contributed by atoms with E-state index in [0.717, 1.165) is 16.7 Å². The predicted molar refractivity (Wildman–Crippen MR) is 81.8 cm³/mol. The normalized spacial score (nSPS) is 11.1. The number of carbonyl (C=O) groups is 2. The van der Waals surface area contributed by atoms with Crippen molar-refractivity contribution >= 4 is 17.5 Å². The molecule has 114 valence electrons. The third-order valence-electron chi connectivity index (χ3n) is 2.95. The first-order valence-corrected chi connectivity index (χ1v) is 7.08. The van der Waals surface area contributed by atoms with Crippen molar-refractivity contribution in [1.29, 1.82) is 0 Å². The molecule has 0 aliphatic heterocycles. The van der Waals surface area contributed by atoms with Crippen LogP contribution in [0.15, 0.2) is 24.3 Å². The highest BCUT2D eigenvalue weighted by Crippen LogP contribution is 2.23. The topological polar surface area (TPSA) is 52.6 Å². The van der Waals surface area contributed by atoms with Crippen LogP contribution < -0.4 is 0 Å². The molecule has 0 fully saturated rings. The molecule has 0 N–H and O–H groups in total. The summed E-state index contributed by atoms with van der Waals surface area (Å²) in [6, 6.07) is 5.88. The average Bonchev–Trinajstić information content (AvgIpc) is 2.38. The van der Waals surface area contributed by atoms with Gasteiger partial charge in [-0.2, -0.15) is 0 Å². The molecule has 4 heteroatoms. The quantitative estimate of drug-likeness (QED) is 0.596. The van der Waals surface area contributed by atoms with Crippen LogP contribution in [-0.2, 0) is 19.1 Å². The minimum Gasteiger partial charge on any atom is -0.466 e. The second kappa shape index (κ2) is 8.25. The van der Waals surface area contributed by atoms with Gasteiger partial charge in [0.1, 0.15) is 0 Å². The van der Waals surface area contributed by atoms with Gasteiger partial charge in [-0.05, 0) is 44.4 Å². The summed E-state index contributed by atoms with van der Waals surface area (Å²) in [7, 11) is 0. The Kier molecular flexibility index (Phi) is 6.66. The van der Waals surface area contributed by atoms with E-state index in [2.05, 4.69) is 0 Å². The zero-order valence-electron chi connectivity index (χ0n) is 13.1. The number of hydrogen-bond acceptors (Lipinski definition) is 4. The Labute approximate surface area is 125 Å². The van der Waals surface area contributed by atoms with Crippen molar-refractivity contribution in [3.63, 3.8) is 0 Å². The Bertz CT molecular complexity index is 544. The van der Waals surface area contributed by atoms with Gasteiger partial charge in [0.05, 0.1) is 19.6 Å². The van der Waals surface area contributed by atoms with E-state index < -0.39 is 5.97 Å². The van der Waals surface area contributed by atoms with Gasteiger partial charge in [-0.25, -0.2) is 4.79 Å². The average molecular weight is 290 g/mol. The Morgan fingerprint density at radius 3 is 2.33 bits per heavy atom. The standard InChI is InChI=1S/C17H22O4/c1-5-20-16(18)10-14(11-17(19)21-6-2)15-8-7-12(3)9-13(15)4/h7-10H,5-6,11H2,1-4H3/b14-10+.